The van der Waals surface area contributed by atoms with E-state index in [0.29, 0.717) is 0 Å². The third kappa shape index (κ3) is 1.46. The van der Waals surface area contributed by atoms with Crippen molar-refractivity contribution in [3.05, 3.63) is 6.33 Å². The molecule has 7 heteroatoms. The first-order chi connectivity index (χ1) is 6.22. The lowest BCUT2D eigenvalue weighted by molar-refractivity contribution is 0.928. The van der Waals surface area contributed by atoms with Gasteiger partial charge >= 0.3 is 0 Å². The third-order valence-electron chi connectivity index (χ3n) is 1.62. The molecule has 2 heterocycles. The molecule has 2 N–H and O–H groups in total. The molecule has 13 heavy (non-hydrogen) atoms. The SMILES string of the molecule is Cn1cnc2c(SI)nc(N)nc21. The predicted octanol–water partition coefficient (Wildman–Crippen LogP) is 1.39. The Morgan fingerprint density at radius 2 is 2.31 bits per heavy atom. The Labute approximate surface area is 90.7 Å². The summed E-state index contributed by atoms with van der Waals surface area (Å²) in [4.78, 5) is 12.4. The molecule has 68 valence electrons. The van der Waals surface area contributed by atoms with Crippen LogP contribution in [0, 0.1) is 0 Å². The molecule has 2 aromatic rings. The number of aromatic nitrogens is 4. The Morgan fingerprint density at radius 1 is 1.54 bits per heavy atom. The highest BCUT2D eigenvalue weighted by Gasteiger charge is 2.09. The first-order valence-electron chi connectivity index (χ1n) is 3.45. The van der Waals surface area contributed by atoms with E-state index in [2.05, 4.69) is 36.2 Å². The van der Waals surface area contributed by atoms with Gasteiger partial charge in [-0.25, -0.2) is 9.97 Å². The number of nitrogens with zero attached hydrogens (tertiary/aromatic N) is 4. The molecule has 5 nitrogen and oxygen atoms in total. The van der Waals surface area contributed by atoms with Gasteiger partial charge in [0.05, 0.1) is 6.33 Å². The van der Waals surface area contributed by atoms with E-state index in [0.717, 1.165) is 16.2 Å². The van der Waals surface area contributed by atoms with Crippen molar-refractivity contribution >= 4 is 47.3 Å². The van der Waals surface area contributed by atoms with Gasteiger partial charge in [-0.05, 0) is 8.93 Å². The third-order valence-corrected chi connectivity index (χ3v) is 3.30. The second kappa shape index (κ2) is 3.29. The van der Waals surface area contributed by atoms with Crippen LogP contribution < -0.4 is 5.73 Å². The lowest BCUT2D eigenvalue weighted by atomic mass is 10.5. The monoisotopic (exact) mass is 307 g/mol. The van der Waals surface area contributed by atoms with Crippen LogP contribution in [0.2, 0.25) is 0 Å². The maximum atomic E-state index is 5.55. The maximum Gasteiger partial charge on any atom is 0.223 e. The lowest BCUT2D eigenvalue weighted by Crippen LogP contribution is -1.98. The Balaban J connectivity index is 2.84. The van der Waals surface area contributed by atoms with Crippen molar-refractivity contribution in [3.8, 4) is 0 Å². The number of rotatable bonds is 1. The van der Waals surface area contributed by atoms with Crippen LogP contribution in [-0.4, -0.2) is 19.5 Å². The van der Waals surface area contributed by atoms with Crippen LogP contribution in [0.15, 0.2) is 11.4 Å². The average molecular weight is 307 g/mol. The second-order valence-corrected chi connectivity index (χ2v) is 4.35. The van der Waals surface area contributed by atoms with Gasteiger partial charge in [0.2, 0.25) is 5.95 Å². The van der Waals surface area contributed by atoms with Crippen molar-refractivity contribution in [2.75, 3.05) is 5.73 Å². The van der Waals surface area contributed by atoms with Gasteiger partial charge in [0.25, 0.3) is 0 Å². The van der Waals surface area contributed by atoms with E-state index in [1.807, 2.05) is 11.6 Å². The van der Waals surface area contributed by atoms with Crippen LogP contribution in [0.5, 0.6) is 0 Å². The van der Waals surface area contributed by atoms with Crippen LogP contribution in [-0.2, 0) is 7.05 Å². The molecule has 0 aromatic carbocycles. The molecule has 0 fully saturated rings. The zero-order valence-electron chi connectivity index (χ0n) is 6.73. The maximum absolute atomic E-state index is 5.55. The summed E-state index contributed by atoms with van der Waals surface area (Å²) in [6.45, 7) is 0. The van der Waals surface area contributed by atoms with Crippen molar-refractivity contribution < 1.29 is 0 Å². The minimum atomic E-state index is 0.287. The summed E-state index contributed by atoms with van der Waals surface area (Å²) >= 11 is 2.15. The Morgan fingerprint density at radius 3 is 3.00 bits per heavy atom. The number of aryl methyl sites for hydroxylation is 1. The largest absolute Gasteiger partial charge is 0.368 e. The van der Waals surface area contributed by atoms with E-state index in [1.54, 1.807) is 6.33 Å². The molecule has 0 unspecified atom stereocenters. The first-order valence-corrected chi connectivity index (χ1v) is 6.81. The van der Waals surface area contributed by atoms with E-state index >= 15 is 0 Å². The highest BCUT2D eigenvalue weighted by atomic mass is 127. The lowest BCUT2D eigenvalue weighted by Gasteiger charge is -1.98. The van der Waals surface area contributed by atoms with Gasteiger partial charge in [-0.15, -0.1) is 0 Å². The molecular weight excluding hydrogens is 301 g/mol. The van der Waals surface area contributed by atoms with Crippen molar-refractivity contribution in [2.24, 2.45) is 7.05 Å². The summed E-state index contributed by atoms with van der Waals surface area (Å²) < 4.78 is 1.82. The summed E-state index contributed by atoms with van der Waals surface area (Å²) in [5, 5.41) is 0.809. The number of anilines is 1. The van der Waals surface area contributed by atoms with Gasteiger partial charge in [-0.3, -0.25) is 0 Å². The molecular formula is C6H6IN5S. The fourth-order valence-corrected chi connectivity index (χ4v) is 2.32. The smallest absolute Gasteiger partial charge is 0.223 e. The van der Waals surface area contributed by atoms with E-state index in [1.165, 1.54) is 8.93 Å². The molecule has 0 amide bonds. The van der Waals surface area contributed by atoms with E-state index in [4.69, 9.17) is 5.73 Å². The molecule has 2 aromatic heterocycles. The first kappa shape index (κ1) is 9.00. The number of imidazole rings is 1. The summed E-state index contributed by atoms with van der Waals surface area (Å²) in [7, 11) is 3.37. The summed E-state index contributed by atoms with van der Waals surface area (Å²) in [6, 6.07) is 0. The van der Waals surface area contributed by atoms with Crippen molar-refractivity contribution in [1.82, 2.24) is 19.5 Å². The quantitative estimate of drug-likeness (QED) is 0.637. The second-order valence-electron chi connectivity index (χ2n) is 2.49. The topological polar surface area (TPSA) is 69.6 Å². The van der Waals surface area contributed by atoms with Crippen molar-refractivity contribution in [1.29, 1.82) is 0 Å². The highest BCUT2D eigenvalue weighted by Crippen LogP contribution is 2.29. The predicted molar refractivity (Wildman–Crippen MR) is 60.6 cm³/mol. The molecule has 0 radical (unpaired) electrons. The number of hydrogen-bond acceptors (Lipinski definition) is 5. The fourth-order valence-electron chi connectivity index (χ4n) is 1.05. The average Bonchev–Trinajstić information content (AvgIpc) is 2.47. The number of nitrogens with two attached hydrogens (primary N) is 1. The molecule has 0 aliphatic rings. The molecule has 0 aliphatic carbocycles. The summed E-state index contributed by atoms with van der Waals surface area (Å²) in [5.74, 6) is 0.287. The summed E-state index contributed by atoms with van der Waals surface area (Å²) in [6.07, 6.45) is 1.70. The van der Waals surface area contributed by atoms with Crippen LogP contribution in [0.25, 0.3) is 11.2 Å². The molecule has 0 atom stereocenters. The van der Waals surface area contributed by atoms with Crippen LogP contribution in [0.3, 0.4) is 0 Å². The normalized spacial score (nSPS) is 10.9. The zero-order chi connectivity index (χ0) is 9.42. The van der Waals surface area contributed by atoms with Crippen molar-refractivity contribution in [3.63, 3.8) is 0 Å². The molecule has 0 saturated carbocycles. The zero-order valence-corrected chi connectivity index (χ0v) is 9.70. The fraction of sp³-hybridized carbons (Fsp3) is 0.167. The van der Waals surface area contributed by atoms with E-state index < -0.39 is 0 Å². The highest BCUT2D eigenvalue weighted by molar-refractivity contribution is 14.2. The Kier molecular flexibility index (Phi) is 2.28. The van der Waals surface area contributed by atoms with Crippen LogP contribution in [0.1, 0.15) is 0 Å². The van der Waals surface area contributed by atoms with Crippen LogP contribution in [0.4, 0.5) is 5.95 Å². The minimum absolute atomic E-state index is 0.287. The van der Waals surface area contributed by atoms with Gasteiger partial charge in [0.1, 0.15) is 10.5 Å². The number of hydrogen-bond donors (Lipinski definition) is 1. The molecule has 0 saturated heterocycles. The minimum Gasteiger partial charge on any atom is -0.368 e. The summed E-state index contributed by atoms with van der Waals surface area (Å²) in [5.41, 5.74) is 7.12. The molecule has 0 bridgehead atoms. The van der Waals surface area contributed by atoms with E-state index in [-0.39, 0.29) is 5.95 Å². The molecule has 0 spiro atoms. The standard InChI is InChI=1S/C6H6IN5S/c1-12-2-9-3-4(12)10-6(8)11-5(3)13-7/h2H,1H3,(H2,8,10,11). The van der Waals surface area contributed by atoms with Gasteiger partial charge in [0.15, 0.2) is 5.65 Å². The Hall–Kier alpha value is -0.570. The Bertz CT molecular complexity index is 453. The van der Waals surface area contributed by atoms with Gasteiger partial charge in [-0.1, -0.05) is 0 Å². The van der Waals surface area contributed by atoms with Gasteiger partial charge in [-0.2, -0.15) is 4.98 Å². The van der Waals surface area contributed by atoms with Crippen LogP contribution >= 0.6 is 30.1 Å². The molecule has 0 aliphatic heterocycles. The van der Waals surface area contributed by atoms with Gasteiger partial charge < -0.3 is 10.3 Å². The van der Waals surface area contributed by atoms with Gasteiger partial charge in [0, 0.05) is 28.3 Å². The number of halogens is 1. The molecule has 2 rings (SSSR count). The van der Waals surface area contributed by atoms with E-state index in [9.17, 15) is 0 Å². The number of nitrogen functional groups attached to an aromatic ring is 1. The number of fused-ring (bicyclic) bond motifs is 1. The van der Waals surface area contributed by atoms with Crippen molar-refractivity contribution in [2.45, 2.75) is 5.03 Å².